The number of amides is 1. The number of aliphatic hydroxyl groups is 5. The Labute approximate surface area is 349 Å². The van der Waals surface area contributed by atoms with Gasteiger partial charge in [0.15, 0.2) is 6.29 Å². The Hall–Kier alpha value is -1.33. The van der Waals surface area contributed by atoms with E-state index in [9.17, 15) is 30.3 Å². The Morgan fingerprint density at radius 3 is 1.42 bits per heavy atom. The molecule has 0 saturated carbocycles. The van der Waals surface area contributed by atoms with Crippen molar-refractivity contribution in [2.24, 2.45) is 0 Å². The van der Waals surface area contributed by atoms with E-state index in [0.717, 1.165) is 38.5 Å². The van der Waals surface area contributed by atoms with Gasteiger partial charge in [-0.25, -0.2) is 0 Å². The van der Waals surface area contributed by atoms with Crippen molar-refractivity contribution in [3.8, 4) is 0 Å². The lowest BCUT2D eigenvalue weighted by molar-refractivity contribution is -0.302. The molecule has 1 heterocycles. The third-order valence-corrected chi connectivity index (χ3v) is 11.5. The van der Waals surface area contributed by atoms with Crippen LogP contribution in [0.3, 0.4) is 0 Å². The second-order valence-corrected chi connectivity index (χ2v) is 16.9. The lowest BCUT2D eigenvalue weighted by atomic mass is 9.99. The number of unbranched alkanes of at least 4 members (excludes halogenated alkanes) is 28. The summed E-state index contributed by atoms with van der Waals surface area (Å²) in [5.41, 5.74) is 0. The summed E-state index contributed by atoms with van der Waals surface area (Å²) in [5.74, 6) is -0.178. The van der Waals surface area contributed by atoms with E-state index in [4.69, 9.17) is 9.47 Å². The molecule has 0 spiro atoms. The molecule has 0 bridgehead atoms. The summed E-state index contributed by atoms with van der Waals surface area (Å²) >= 11 is 0. The summed E-state index contributed by atoms with van der Waals surface area (Å²) in [7, 11) is 0. The van der Waals surface area contributed by atoms with E-state index < -0.39 is 49.5 Å². The average Bonchev–Trinajstić information content (AvgIpc) is 3.21. The minimum Gasteiger partial charge on any atom is -0.394 e. The van der Waals surface area contributed by atoms with Gasteiger partial charge in [0.25, 0.3) is 0 Å². The first-order chi connectivity index (χ1) is 27.8. The zero-order valence-electron chi connectivity index (χ0n) is 36.9. The van der Waals surface area contributed by atoms with Crippen LogP contribution in [0.15, 0.2) is 24.3 Å². The maximum Gasteiger partial charge on any atom is 0.220 e. The normalized spacial score (nSPS) is 21.1. The highest BCUT2D eigenvalue weighted by molar-refractivity contribution is 5.76. The number of hydrogen-bond acceptors (Lipinski definition) is 8. The standard InChI is InChI=1S/C48H91NO8/c1-3-5-7-9-11-13-14-15-16-17-18-19-20-21-22-23-24-25-26-27-28-30-32-34-36-38-44(52)49-41(42(51)37-35-33-31-29-12-10-8-6-4-2)40-56-48-47(55)46(54)45(53)43(39-50)57-48/h17-18,35,37,41-43,45-48,50-51,53-55H,3-16,19-34,36,38-40H2,1-2H3,(H,49,52)/b18-17-,37-35+. The van der Waals surface area contributed by atoms with Crippen LogP contribution in [-0.2, 0) is 14.3 Å². The molecule has 7 atom stereocenters. The molecule has 1 fully saturated rings. The predicted octanol–water partition coefficient (Wildman–Crippen LogP) is 10.3. The largest absolute Gasteiger partial charge is 0.394 e. The quantitative estimate of drug-likeness (QED) is 0.0265. The van der Waals surface area contributed by atoms with Crippen LogP contribution in [0.4, 0.5) is 0 Å². The van der Waals surface area contributed by atoms with Crippen LogP contribution >= 0.6 is 0 Å². The first-order valence-corrected chi connectivity index (χ1v) is 24.1. The minimum absolute atomic E-state index is 0.178. The molecule has 1 amide bonds. The summed E-state index contributed by atoms with van der Waals surface area (Å²) < 4.78 is 11.2. The molecule has 7 unspecified atom stereocenters. The molecule has 1 aliphatic rings. The molecular weight excluding hydrogens is 719 g/mol. The number of hydrogen-bond donors (Lipinski definition) is 6. The highest BCUT2D eigenvalue weighted by Crippen LogP contribution is 2.23. The second kappa shape index (κ2) is 38.8. The van der Waals surface area contributed by atoms with Crippen molar-refractivity contribution in [3.05, 3.63) is 24.3 Å². The van der Waals surface area contributed by atoms with E-state index in [2.05, 4.69) is 31.3 Å². The number of nitrogens with one attached hydrogen (secondary N) is 1. The second-order valence-electron chi connectivity index (χ2n) is 16.9. The monoisotopic (exact) mass is 810 g/mol. The van der Waals surface area contributed by atoms with Gasteiger partial charge in [-0.1, -0.05) is 192 Å². The molecule has 0 aromatic carbocycles. The maximum absolute atomic E-state index is 12.9. The van der Waals surface area contributed by atoms with Crippen molar-refractivity contribution in [2.75, 3.05) is 13.2 Å². The summed E-state index contributed by atoms with van der Waals surface area (Å²) in [4.78, 5) is 12.9. The molecule has 1 rings (SSSR count). The van der Waals surface area contributed by atoms with Crippen LogP contribution in [0.1, 0.15) is 219 Å². The van der Waals surface area contributed by atoms with Crippen molar-refractivity contribution < 1.29 is 39.8 Å². The Balaban J connectivity index is 2.19. The molecule has 9 nitrogen and oxygen atoms in total. The van der Waals surface area contributed by atoms with Gasteiger partial charge in [0.2, 0.25) is 5.91 Å². The first-order valence-electron chi connectivity index (χ1n) is 24.1. The molecule has 57 heavy (non-hydrogen) atoms. The van der Waals surface area contributed by atoms with E-state index in [0.29, 0.717) is 6.42 Å². The van der Waals surface area contributed by atoms with Crippen molar-refractivity contribution in [1.82, 2.24) is 5.32 Å². The molecule has 1 aliphatic heterocycles. The van der Waals surface area contributed by atoms with E-state index in [1.165, 1.54) is 161 Å². The molecule has 0 aliphatic carbocycles. The Kier molecular flexibility index (Phi) is 36.6. The third-order valence-electron chi connectivity index (χ3n) is 11.5. The van der Waals surface area contributed by atoms with Crippen molar-refractivity contribution in [1.29, 1.82) is 0 Å². The molecule has 1 saturated heterocycles. The summed E-state index contributed by atoms with van der Waals surface area (Å²) in [5, 5.41) is 54.0. The molecule has 0 radical (unpaired) electrons. The minimum atomic E-state index is -1.56. The van der Waals surface area contributed by atoms with Crippen LogP contribution in [-0.4, -0.2) is 87.5 Å². The van der Waals surface area contributed by atoms with E-state index in [1.807, 2.05) is 6.08 Å². The SMILES string of the molecule is CCCCCCCCC/C=C/C(O)C(COC1OC(CO)C(O)C(O)C1O)NC(=O)CCCCCCCCCCCCCCC/C=C\CCCCCCCCCC. The maximum atomic E-state index is 12.9. The highest BCUT2D eigenvalue weighted by Gasteiger charge is 2.44. The Morgan fingerprint density at radius 1 is 0.579 bits per heavy atom. The Morgan fingerprint density at radius 2 is 0.982 bits per heavy atom. The van der Waals surface area contributed by atoms with Crippen molar-refractivity contribution in [2.45, 2.75) is 262 Å². The molecule has 336 valence electrons. The zero-order chi connectivity index (χ0) is 41.6. The molecular formula is C48H91NO8. The van der Waals surface area contributed by atoms with E-state index in [-0.39, 0.29) is 12.5 Å². The fraction of sp³-hybridized carbons (Fsp3) is 0.896. The van der Waals surface area contributed by atoms with Crippen molar-refractivity contribution in [3.63, 3.8) is 0 Å². The van der Waals surface area contributed by atoms with Crippen LogP contribution in [0, 0.1) is 0 Å². The van der Waals surface area contributed by atoms with Gasteiger partial charge < -0.3 is 40.3 Å². The van der Waals surface area contributed by atoms with Gasteiger partial charge in [0, 0.05) is 6.42 Å². The fourth-order valence-electron chi connectivity index (χ4n) is 7.62. The fourth-order valence-corrected chi connectivity index (χ4v) is 7.62. The lowest BCUT2D eigenvalue weighted by Crippen LogP contribution is -2.60. The third kappa shape index (κ3) is 29.5. The summed E-state index contributed by atoms with van der Waals surface area (Å²) in [6.45, 7) is 3.74. The van der Waals surface area contributed by atoms with Gasteiger partial charge in [0.05, 0.1) is 25.4 Å². The van der Waals surface area contributed by atoms with Crippen LogP contribution in [0.2, 0.25) is 0 Å². The molecule has 0 aromatic rings. The van der Waals surface area contributed by atoms with Gasteiger partial charge in [0.1, 0.15) is 24.4 Å². The summed E-state index contributed by atoms with van der Waals surface area (Å²) in [6.07, 6.45) is 39.6. The van der Waals surface area contributed by atoms with Crippen LogP contribution in [0.5, 0.6) is 0 Å². The first kappa shape index (κ1) is 53.7. The summed E-state index contributed by atoms with van der Waals surface area (Å²) in [6, 6.07) is -0.800. The molecule has 6 N–H and O–H groups in total. The number of ether oxygens (including phenoxy) is 2. The number of rotatable bonds is 40. The number of carbonyl (C=O) groups is 1. The lowest BCUT2D eigenvalue weighted by Gasteiger charge is -2.40. The highest BCUT2D eigenvalue weighted by atomic mass is 16.7. The van der Waals surface area contributed by atoms with E-state index in [1.54, 1.807) is 6.08 Å². The van der Waals surface area contributed by atoms with Gasteiger partial charge in [-0.15, -0.1) is 0 Å². The molecule has 9 heteroatoms. The van der Waals surface area contributed by atoms with Gasteiger partial charge in [-0.05, 0) is 44.9 Å². The number of aliphatic hydroxyl groups excluding tert-OH is 5. The predicted molar refractivity (Wildman–Crippen MR) is 235 cm³/mol. The number of allylic oxidation sites excluding steroid dienone is 3. The zero-order valence-corrected chi connectivity index (χ0v) is 36.9. The molecule has 0 aromatic heterocycles. The van der Waals surface area contributed by atoms with E-state index >= 15 is 0 Å². The van der Waals surface area contributed by atoms with Crippen molar-refractivity contribution >= 4 is 5.91 Å². The average molecular weight is 810 g/mol. The van der Waals surface area contributed by atoms with Gasteiger partial charge >= 0.3 is 0 Å². The number of carbonyl (C=O) groups excluding carboxylic acids is 1. The van der Waals surface area contributed by atoms with Crippen LogP contribution < -0.4 is 5.32 Å². The Bertz CT molecular complexity index is 945. The van der Waals surface area contributed by atoms with Gasteiger partial charge in [-0.2, -0.15) is 0 Å². The van der Waals surface area contributed by atoms with Gasteiger partial charge in [-0.3, -0.25) is 4.79 Å². The smallest absolute Gasteiger partial charge is 0.220 e. The topological polar surface area (TPSA) is 149 Å². The van der Waals surface area contributed by atoms with Crippen LogP contribution in [0.25, 0.3) is 0 Å².